The van der Waals surface area contributed by atoms with Crippen LogP contribution in [0, 0.1) is 0 Å². The summed E-state index contributed by atoms with van der Waals surface area (Å²) in [6.07, 6.45) is 1.15. The minimum absolute atomic E-state index is 0.529. The van der Waals surface area contributed by atoms with Crippen LogP contribution >= 0.6 is 0 Å². The summed E-state index contributed by atoms with van der Waals surface area (Å²) in [5.41, 5.74) is 2.08. The maximum absolute atomic E-state index is 11.1. The molecule has 1 saturated heterocycles. The highest BCUT2D eigenvalue weighted by atomic mass is 16.4. The summed E-state index contributed by atoms with van der Waals surface area (Å²) in [5, 5.41) is 12.0. The van der Waals surface area contributed by atoms with Gasteiger partial charge in [-0.15, -0.1) is 0 Å². The summed E-state index contributed by atoms with van der Waals surface area (Å²) in [4.78, 5) is 13.5. The predicted octanol–water partition coefficient (Wildman–Crippen LogP) is 1.45. The second kappa shape index (κ2) is 5.50. The second-order valence-corrected chi connectivity index (χ2v) is 4.98. The Hall–Kier alpha value is -1.39. The zero-order chi connectivity index (χ0) is 13.1. The van der Waals surface area contributed by atoms with Gasteiger partial charge in [-0.25, -0.2) is 0 Å². The molecule has 1 fully saturated rings. The highest BCUT2D eigenvalue weighted by Crippen LogP contribution is 2.28. The zero-order valence-electron chi connectivity index (χ0n) is 10.9. The van der Waals surface area contributed by atoms with E-state index < -0.39 is 12.0 Å². The fourth-order valence-electron chi connectivity index (χ4n) is 2.63. The van der Waals surface area contributed by atoms with Crippen molar-refractivity contribution in [1.82, 2.24) is 10.2 Å². The summed E-state index contributed by atoms with van der Waals surface area (Å²) >= 11 is 0. The Morgan fingerprint density at radius 2 is 2.33 bits per heavy atom. The molecule has 0 spiro atoms. The van der Waals surface area contributed by atoms with Gasteiger partial charge in [-0.2, -0.15) is 0 Å². The van der Waals surface area contributed by atoms with Gasteiger partial charge in [0.1, 0.15) is 6.04 Å². The number of carbonyl (C=O) groups is 1. The van der Waals surface area contributed by atoms with Crippen molar-refractivity contribution in [3.05, 3.63) is 35.4 Å². The molecule has 0 radical (unpaired) electrons. The molecular formula is C14H20N2O2. The number of aliphatic carboxylic acids is 1. The second-order valence-electron chi connectivity index (χ2n) is 4.98. The largest absolute Gasteiger partial charge is 0.480 e. The summed E-state index contributed by atoms with van der Waals surface area (Å²) in [7, 11) is 3.80. The average molecular weight is 248 g/mol. The third-order valence-electron chi connectivity index (χ3n) is 3.64. The number of hydrogen-bond acceptors (Lipinski definition) is 3. The minimum atomic E-state index is -0.835. The van der Waals surface area contributed by atoms with Gasteiger partial charge in [-0.3, -0.25) is 4.79 Å². The van der Waals surface area contributed by atoms with Crippen LogP contribution in [0.1, 0.15) is 29.5 Å². The molecule has 2 atom stereocenters. The normalized spacial score (nSPS) is 22.0. The smallest absolute Gasteiger partial charge is 0.325 e. The van der Waals surface area contributed by atoms with Crippen LogP contribution in [0.3, 0.4) is 0 Å². The number of benzene rings is 1. The van der Waals surface area contributed by atoms with E-state index >= 15 is 0 Å². The van der Waals surface area contributed by atoms with Gasteiger partial charge >= 0.3 is 5.97 Å². The van der Waals surface area contributed by atoms with Crippen molar-refractivity contribution < 1.29 is 9.90 Å². The Bertz CT molecular complexity index is 434. The lowest BCUT2D eigenvalue weighted by atomic mass is 9.94. The van der Waals surface area contributed by atoms with Crippen LogP contribution in [0.2, 0.25) is 0 Å². The van der Waals surface area contributed by atoms with E-state index in [0.29, 0.717) is 5.92 Å². The van der Waals surface area contributed by atoms with Crippen LogP contribution in [0.4, 0.5) is 0 Å². The number of likely N-dealkylation sites (tertiary alicyclic amines) is 1. The van der Waals surface area contributed by atoms with Crippen molar-refractivity contribution in [1.29, 1.82) is 0 Å². The zero-order valence-corrected chi connectivity index (χ0v) is 10.9. The number of carboxylic acids is 1. The summed E-state index contributed by atoms with van der Waals surface area (Å²) in [6, 6.07) is 7.33. The Balaban J connectivity index is 2.21. The standard InChI is InChI=1S/C14H20N2O2/c1-15-13(14(17)18)11-5-3-4-10(8-11)12-6-7-16(2)9-12/h3-5,8,12-13,15H,6-7,9H2,1-2H3,(H,17,18). The fourth-order valence-corrected chi connectivity index (χ4v) is 2.63. The van der Waals surface area contributed by atoms with E-state index in [1.807, 2.05) is 18.2 Å². The first-order chi connectivity index (χ1) is 8.61. The number of rotatable bonds is 4. The average Bonchev–Trinajstić information content (AvgIpc) is 2.77. The molecule has 98 valence electrons. The molecule has 1 aliphatic heterocycles. The first-order valence-electron chi connectivity index (χ1n) is 6.30. The molecule has 0 aliphatic carbocycles. The van der Waals surface area contributed by atoms with E-state index in [2.05, 4.69) is 23.3 Å². The van der Waals surface area contributed by atoms with Gasteiger partial charge in [0.2, 0.25) is 0 Å². The summed E-state index contributed by atoms with van der Waals surface area (Å²) in [6.45, 7) is 2.17. The molecule has 4 nitrogen and oxygen atoms in total. The molecular weight excluding hydrogens is 228 g/mol. The molecule has 0 bridgehead atoms. The van der Waals surface area contributed by atoms with Crippen molar-refractivity contribution in [2.24, 2.45) is 0 Å². The Morgan fingerprint density at radius 1 is 1.56 bits per heavy atom. The van der Waals surface area contributed by atoms with Gasteiger partial charge in [0.15, 0.2) is 0 Å². The van der Waals surface area contributed by atoms with Crippen LogP contribution in [0.5, 0.6) is 0 Å². The lowest BCUT2D eigenvalue weighted by Gasteiger charge is -2.15. The minimum Gasteiger partial charge on any atom is -0.480 e. The highest BCUT2D eigenvalue weighted by Gasteiger charge is 2.23. The predicted molar refractivity (Wildman–Crippen MR) is 70.7 cm³/mol. The van der Waals surface area contributed by atoms with Crippen molar-refractivity contribution in [2.45, 2.75) is 18.4 Å². The van der Waals surface area contributed by atoms with E-state index in [9.17, 15) is 4.79 Å². The van der Waals surface area contributed by atoms with E-state index in [-0.39, 0.29) is 0 Å². The van der Waals surface area contributed by atoms with Gasteiger partial charge < -0.3 is 15.3 Å². The summed E-state index contributed by atoms with van der Waals surface area (Å²) < 4.78 is 0. The molecule has 18 heavy (non-hydrogen) atoms. The van der Waals surface area contributed by atoms with Gasteiger partial charge in [0.25, 0.3) is 0 Å². The highest BCUT2D eigenvalue weighted by molar-refractivity contribution is 5.75. The van der Waals surface area contributed by atoms with E-state index in [1.54, 1.807) is 7.05 Å². The lowest BCUT2D eigenvalue weighted by molar-refractivity contribution is -0.139. The molecule has 1 aliphatic rings. The number of carboxylic acid groups (broad SMARTS) is 1. The van der Waals surface area contributed by atoms with Crippen LogP contribution in [-0.4, -0.2) is 43.2 Å². The molecule has 2 N–H and O–H groups in total. The Kier molecular flexibility index (Phi) is 3.99. The first-order valence-corrected chi connectivity index (χ1v) is 6.30. The Morgan fingerprint density at radius 3 is 2.89 bits per heavy atom. The Labute approximate surface area is 108 Å². The maximum Gasteiger partial charge on any atom is 0.325 e. The molecule has 4 heteroatoms. The van der Waals surface area contributed by atoms with Crippen molar-refractivity contribution in [3.8, 4) is 0 Å². The first kappa shape index (κ1) is 13.1. The third kappa shape index (κ3) is 2.71. The van der Waals surface area contributed by atoms with Gasteiger partial charge in [0.05, 0.1) is 0 Å². The van der Waals surface area contributed by atoms with Crippen LogP contribution in [0.25, 0.3) is 0 Å². The molecule has 0 aromatic heterocycles. The van der Waals surface area contributed by atoms with Crippen molar-refractivity contribution >= 4 is 5.97 Å². The molecule has 2 unspecified atom stereocenters. The fraction of sp³-hybridized carbons (Fsp3) is 0.500. The van der Waals surface area contributed by atoms with E-state index in [4.69, 9.17) is 5.11 Å². The molecule has 1 heterocycles. The maximum atomic E-state index is 11.1. The summed E-state index contributed by atoms with van der Waals surface area (Å²) in [5.74, 6) is -0.306. The number of nitrogens with zero attached hydrogens (tertiary/aromatic N) is 1. The van der Waals surface area contributed by atoms with Crippen molar-refractivity contribution in [3.63, 3.8) is 0 Å². The van der Waals surface area contributed by atoms with Crippen LogP contribution in [-0.2, 0) is 4.79 Å². The SMILES string of the molecule is CNC(C(=O)O)c1cccc(C2CCN(C)C2)c1. The third-order valence-corrected chi connectivity index (χ3v) is 3.64. The van der Waals surface area contributed by atoms with Crippen molar-refractivity contribution in [2.75, 3.05) is 27.2 Å². The van der Waals surface area contributed by atoms with E-state index in [1.165, 1.54) is 5.56 Å². The number of likely N-dealkylation sites (N-methyl/N-ethyl adjacent to an activating group) is 2. The lowest BCUT2D eigenvalue weighted by Crippen LogP contribution is -2.25. The van der Waals surface area contributed by atoms with Crippen LogP contribution in [0.15, 0.2) is 24.3 Å². The number of nitrogens with one attached hydrogen (secondary N) is 1. The molecule has 2 rings (SSSR count). The molecule has 1 aromatic rings. The monoisotopic (exact) mass is 248 g/mol. The molecule has 0 amide bonds. The van der Waals surface area contributed by atoms with Gasteiger partial charge in [-0.05, 0) is 44.1 Å². The van der Waals surface area contributed by atoms with Gasteiger partial charge in [-0.1, -0.05) is 24.3 Å². The van der Waals surface area contributed by atoms with Crippen LogP contribution < -0.4 is 5.32 Å². The molecule has 0 saturated carbocycles. The topological polar surface area (TPSA) is 52.6 Å². The number of hydrogen-bond donors (Lipinski definition) is 2. The quantitative estimate of drug-likeness (QED) is 0.847. The molecule has 1 aromatic carbocycles. The van der Waals surface area contributed by atoms with E-state index in [0.717, 1.165) is 25.1 Å². The van der Waals surface area contributed by atoms with Gasteiger partial charge in [0, 0.05) is 6.54 Å².